The summed E-state index contributed by atoms with van der Waals surface area (Å²) in [6, 6.07) is 0. The molecule has 1 heterocycles. The van der Waals surface area contributed by atoms with Crippen molar-refractivity contribution in [2.45, 2.75) is 18.7 Å². The Morgan fingerprint density at radius 3 is 2.62 bits per heavy atom. The maximum atomic E-state index is 13.1. The molecule has 0 unspecified atom stereocenters. The van der Waals surface area contributed by atoms with E-state index in [1.54, 1.807) is 0 Å². The van der Waals surface area contributed by atoms with Crippen LogP contribution in [-0.4, -0.2) is 16.1 Å². The lowest BCUT2D eigenvalue weighted by molar-refractivity contribution is -0.136. The number of aromatic nitrogens is 1. The largest absolute Gasteiger partial charge is 0.481 e. The standard InChI is InChI=1S/C9H7ClF3NO2/c10-2-4-6(1-7(15)16)14-3-5(11)8(4)9(12)13/h3,9H,1-2H2,(H,15,16). The highest BCUT2D eigenvalue weighted by Crippen LogP contribution is 2.28. The van der Waals surface area contributed by atoms with Crippen molar-refractivity contribution in [2.75, 3.05) is 0 Å². The lowest BCUT2D eigenvalue weighted by Gasteiger charge is -2.10. The Bertz CT molecular complexity index is 412. The molecule has 7 heteroatoms. The van der Waals surface area contributed by atoms with E-state index in [0.29, 0.717) is 6.20 Å². The third kappa shape index (κ3) is 2.63. The molecule has 0 fully saturated rings. The number of hydrogen-bond donors (Lipinski definition) is 1. The Labute approximate surface area is 93.9 Å². The van der Waals surface area contributed by atoms with Crippen LogP contribution in [-0.2, 0) is 17.1 Å². The summed E-state index contributed by atoms with van der Waals surface area (Å²) in [5.41, 5.74) is -1.26. The van der Waals surface area contributed by atoms with Crippen molar-refractivity contribution >= 4 is 17.6 Å². The van der Waals surface area contributed by atoms with Crippen LogP contribution in [0.4, 0.5) is 13.2 Å². The molecule has 1 aromatic rings. The van der Waals surface area contributed by atoms with Crippen molar-refractivity contribution < 1.29 is 23.1 Å². The van der Waals surface area contributed by atoms with E-state index in [-0.39, 0.29) is 11.3 Å². The highest BCUT2D eigenvalue weighted by molar-refractivity contribution is 6.17. The second-order valence-electron chi connectivity index (χ2n) is 2.95. The van der Waals surface area contributed by atoms with E-state index >= 15 is 0 Å². The van der Waals surface area contributed by atoms with Gasteiger partial charge in [-0.2, -0.15) is 0 Å². The van der Waals surface area contributed by atoms with Gasteiger partial charge in [0, 0.05) is 11.4 Å². The zero-order chi connectivity index (χ0) is 12.3. The van der Waals surface area contributed by atoms with Crippen LogP contribution in [0.2, 0.25) is 0 Å². The Hall–Kier alpha value is -1.30. The van der Waals surface area contributed by atoms with Crippen molar-refractivity contribution in [3.05, 3.63) is 28.8 Å². The van der Waals surface area contributed by atoms with E-state index in [0.717, 1.165) is 0 Å². The summed E-state index contributed by atoms with van der Waals surface area (Å²) in [5, 5.41) is 8.52. The number of rotatable bonds is 4. The molecular weight excluding hydrogens is 247 g/mol. The predicted octanol–water partition coefficient (Wildman–Crippen LogP) is 2.52. The number of pyridine rings is 1. The van der Waals surface area contributed by atoms with Crippen LogP contribution in [0.5, 0.6) is 0 Å². The van der Waals surface area contributed by atoms with Crippen LogP contribution >= 0.6 is 11.6 Å². The zero-order valence-corrected chi connectivity index (χ0v) is 8.64. The average Bonchev–Trinajstić information content (AvgIpc) is 2.18. The van der Waals surface area contributed by atoms with Crippen molar-refractivity contribution in [3.63, 3.8) is 0 Å². The third-order valence-electron chi connectivity index (χ3n) is 1.94. The first-order chi connectivity index (χ1) is 7.47. The van der Waals surface area contributed by atoms with E-state index in [2.05, 4.69) is 4.98 Å². The van der Waals surface area contributed by atoms with Crippen LogP contribution in [0, 0.1) is 5.82 Å². The number of nitrogens with zero attached hydrogens (tertiary/aromatic N) is 1. The fraction of sp³-hybridized carbons (Fsp3) is 0.333. The summed E-state index contributed by atoms with van der Waals surface area (Å²) in [7, 11) is 0. The monoisotopic (exact) mass is 253 g/mol. The zero-order valence-electron chi connectivity index (χ0n) is 7.88. The molecule has 1 N–H and O–H groups in total. The molecule has 0 aliphatic heterocycles. The lowest BCUT2D eigenvalue weighted by Crippen LogP contribution is -2.10. The first-order valence-electron chi connectivity index (χ1n) is 4.19. The number of hydrogen-bond acceptors (Lipinski definition) is 2. The van der Waals surface area contributed by atoms with E-state index in [9.17, 15) is 18.0 Å². The van der Waals surface area contributed by atoms with Crippen LogP contribution in [0.1, 0.15) is 23.2 Å². The minimum absolute atomic E-state index is 0.140. The van der Waals surface area contributed by atoms with Crippen LogP contribution in [0.25, 0.3) is 0 Å². The van der Waals surface area contributed by atoms with Crippen molar-refractivity contribution in [2.24, 2.45) is 0 Å². The van der Waals surface area contributed by atoms with Gasteiger partial charge in [-0.1, -0.05) is 0 Å². The number of carboxylic acids is 1. The molecular formula is C9H7ClF3NO2. The first-order valence-corrected chi connectivity index (χ1v) is 4.72. The van der Waals surface area contributed by atoms with Gasteiger partial charge in [0.25, 0.3) is 6.43 Å². The van der Waals surface area contributed by atoms with Gasteiger partial charge in [0.2, 0.25) is 0 Å². The van der Waals surface area contributed by atoms with Gasteiger partial charge in [-0.15, -0.1) is 11.6 Å². The fourth-order valence-electron chi connectivity index (χ4n) is 1.26. The Kier molecular flexibility index (Phi) is 4.12. The summed E-state index contributed by atoms with van der Waals surface area (Å²) in [6.45, 7) is 0. The molecule has 3 nitrogen and oxygen atoms in total. The van der Waals surface area contributed by atoms with Gasteiger partial charge in [-0.05, 0) is 0 Å². The van der Waals surface area contributed by atoms with Gasteiger partial charge >= 0.3 is 5.97 Å². The average molecular weight is 254 g/mol. The number of carboxylic acid groups (broad SMARTS) is 1. The van der Waals surface area contributed by atoms with E-state index in [1.165, 1.54) is 0 Å². The molecule has 0 amide bonds. The number of aliphatic carboxylic acids is 1. The highest BCUT2D eigenvalue weighted by atomic mass is 35.5. The van der Waals surface area contributed by atoms with Crippen molar-refractivity contribution in [1.29, 1.82) is 0 Å². The molecule has 88 valence electrons. The van der Waals surface area contributed by atoms with Crippen LogP contribution in [0.3, 0.4) is 0 Å². The first kappa shape index (κ1) is 12.8. The minimum atomic E-state index is -3.05. The molecule has 0 saturated carbocycles. The normalized spacial score (nSPS) is 10.8. The van der Waals surface area contributed by atoms with Crippen molar-refractivity contribution in [3.8, 4) is 0 Å². The Balaban J connectivity index is 3.30. The van der Waals surface area contributed by atoms with Gasteiger partial charge in [-0.25, -0.2) is 13.2 Å². The molecule has 0 atom stereocenters. The summed E-state index contributed by atoms with van der Waals surface area (Å²) in [5.74, 6) is -2.84. The third-order valence-corrected chi connectivity index (χ3v) is 2.20. The maximum Gasteiger partial charge on any atom is 0.309 e. The van der Waals surface area contributed by atoms with E-state index in [4.69, 9.17) is 16.7 Å². The number of carbonyl (C=O) groups is 1. The molecule has 0 aliphatic rings. The molecule has 0 radical (unpaired) electrons. The van der Waals surface area contributed by atoms with Gasteiger partial charge in [0.05, 0.1) is 23.9 Å². The molecule has 16 heavy (non-hydrogen) atoms. The second kappa shape index (κ2) is 5.16. The smallest absolute Gasteiger partial charge is 0.309 e. The Morgan fingerprint density at radius 2 is 2.19 bits per heavy atom. The van der Waals surface area contributed by atoms with Gasteiger partial charge < -0.3 is 5.11 Å². The lowest BCUT2D eigenvalue weighted by atomic mass is 10.1. The van der Waals surface area contributed by atoms with Crippen LogP contribution < -0.4 is 0 Å². The van der Waals surface area contributed by atoms with E-state index < -0.39 is 36.1 Å². The number of alkyl halides is 3. The molecule has 0 saturated heterocycles. The minimum Gasteiger partial charge on any atom is -0.481 e. The van der Waals surface area contributed by atoms with E-state index in [1.807, 2.05) is 0 Å². The summed E-state index contributed by atoms with van der Waals surface area (Å²) in [6.07, 6.45) is -3.04. The van der Waals surface area contributed by atoms with Gasteiger partial charge in [0.1, 0.15) is 0 Å². The topological polar surface area (TPSA) is 50.2 Å². The molecule has 0 aromatic carbocycles. The SMILES string of the molecule is O=C(O)Cc1ncc(F)c(C(F)F)c1CCl. The highest BCUT2D eigenvalue weighted by Gasteiger charge is 2.22. The van der Waals surface area contributed by atoms with Gasteiger partial charge in [-0.3, -0.25) is 9.78 Å². The molecule has 1 rings (SSSR count). The van der Waals surface area contributed by atoms with Gasteiger partial charge in [0.15, 0.2) is 5.82 Å². The molecule has 0 aliphatic carbocycles. The predicted molar refractivity (Wildman–Crippen MR) is 50.0 cm³/mol. The summed E-state index contributed by atoms with van der Waals surface area (Å²) >= 11 is 5.40. The fourth-order valence-corrected chi connectivity index (χ4v) is 1.56. The molecule has 1 aromatic heterocycles. The van der Waals surface area contributed by atoms with Crippen molar-refractivity contribution in [1.82, 2.24) is 4.98 Å². The quantitative estimate of drug-likeness (QED) is 0.839. The summed E-state index contributed by atoms with van der Waals surface area (Å²) < 4.78 is 38.1. The second-order valence-corrected chi connectivity index (χ2v) is 3.22. The summed E-state index contributed by atoms with van der Waals surface area (Å²) in [4.78, 5) is 13.9. The number of halogens is 4. The maximum absolute atomic E-state index is 13.1. The molecule has 0 spiro atoms. The Morgan fingerprint density at radius 1 is 1.56 bits per heavy atom. The molecule has 0 bridgehead atoms. The van der Waals surface area contributed by atoms with Crippen LogP contribution in [0.15, 0.2) is 6.20 Å².